The van der Waals surface area contributed by atoms with Crippen molar-refractivity contribution >= 4 is 0 Å². The normalized spacial score (nSPS) is 14.2. The lowest BCUT2D eigenvalue weighted by Gasteiger charge is -2.20. The molecule has 1 aromatic heterocycles. The molecule has 0 radical (unpaired) electrons. The first kappa shape index (κ1) is 12.2. The second-order valence-corrected chi connectivity index (χ2v) is 5.13. The molecular weight excluding hydrogens is 241 g/mol. The number of nitrogens with zero attached hydrogens (tertiary/aromatic N) is 1. The molecule has 0 bridgehead atoms. The number of benzene rings is 1. The maximum atomic E-state index is 13.0. The number of halogens is 1. The molecule has 0 amide bonds. The molecule has 1 aliphatic carbocycles. The average Bonchev–Trinajstić information content (AvgIpc) is 2.44. The summed E-state index contributed by atoms with van der Waals surface area (Å²) in [5, 5.41) is 0. The molecule has 2 aromatic rings. The molecular formula is C16H16FNO. The summed E-state index contributed by atoms with van der Waals surface area (Å²) in [5.74, 6) is -0.234. The van der Waals surface area contributed by atoms with Crippen LogP contribution in [0.3, 0.4) is 0 Å². The van der Waals surface area contributed by atoms with Gasteiger partial charge >= 0.3 is 0 Å². The van der Waals surface area contributed by atoms with E-state index in [9.17, 15) is 9.18 Å². The van der Waals surface area contributed by atoms with Gasteiger partial charge in [-0.2, -0.15) is 0 Å². The third-order valence-electron chi connectivity index (χ3n) is 3.85. The molecule has 0 unspecified atom stereocenters. The SMILES string of the molecule is Cn1cc(-c2ccc(F)cc2)c2c(c1=O)CCCC2. The fraction of sp³-hybridized carbons (Fsp3) is 0.312. The lowest BCUT2D eigenvalue weighted by atomic mass is 9.87. The maximum absolute atomic E-state index is 13.0. The highest BCUT2D eigenvalue weighted by atomic mass is 19.1. The van der Waals surface area contributed by atoms with Crippen molar-refractivity contribution in [3.8, 4) is 11.1 Å². The van der Waals surface area contributed by atoms with Crippen LogP contribution in [0.25, 0.3) is 11.1 Å². The summed E-state index contributed by atoms with van der Waals surface area (Å²) in [5.41, 5.74) is 4.25. The van der Waals surface area contributed by atoms with Crippen molar-refractivity contribution in [2.24, 2.45) is 7.05 Å². The number of hydrogen-bond donors (Lipinski definition) is 0. The van der Waals surface area contributed by atoms with Gasteiger partial charge in [-0.05, 0) is 48.9 Å². The van der Waals surface area contributed by atoms with Crippen molar-refractivity contribution in [3.05, 3.63) is 57.8 Å². The van der Waals surface area contributed by atoms with Crippen molar-refractivity contribution in [2.45, 2.75) is 25.7 Å². The van der Waals surface area contributed by atoms with Gasteiger partial charge in [0.05, 0.1) is 0 Å². The highest BCUT2D eigenvalue weighted by molar-refractivity contribution is 5.68. The van der Waals surface area contributed by atoms with Gasteiger partial charge in [0.25, 0.3) is 5.56 Å². The van der Waals surface area contributed by atoms with Gasteiger partial charge in [-0.15, -0.1) is 0 Å². The Balaban J connectivity index is 2.23. The van der Waals surface area contributed by atoms with E-state index in [2.05, 4.69) is 0 Å². The summed E-state index contributed by atoms with van der Waals surface area (Å²) >= 11 is 0. The van der Waals surface area contributed by atoms with Crippen LogP contribution in [-0.2, 0) is 19.9 Å². The summed E-state index contributed by atoms with van der Waals surface area (Å²) in [6, 6.07) is 6.50. The van der Waals surface area contributed by atoms with Crippen LogP contribution in [-0.4, -0.2) is 4.57 Å². The first-order valence-electron chi connectivity index (χ1n) is 6.64. The summed E-state index contributed by atoms with van der Waals surface area (Å²) in [4.78, 5) is 12.2. The minimum Gasteiger partial charge on any atom is -0.318 e. The predicted octanol–water partition coefficient (Wildman–Crippen LogP) is 3.07. The standard InChI is InChI=1S/C16H16FNO/c1-18-10-15(11-6-8-12(17)9-7-11)13-4-2-3-5-14(13)16(18)19/h6-10H,2-5H2,1H3. The van der Waals surface area contributed by atoms with Gasteiger partial charge in [0.1, 0.15) is 5.82 Å². The first-order valence-corrected chi connectivity index (χ1v) is 6.64. The number of pyridine rings is 1. The van der Waals surface area contributed by atoms with E-state index >= 15 is 0 Å². The Hall–Kier alpha value is -1.90. The average molecular weight is 257 g/mol. The minimum absolute atomic E-state index is 0.112. The quantitative estimate of drug-likeness (QED) is 0.769. The van der Waals surface area contributed by atoms with Gasteiger partial charge in [-0.1, -0.05) is 12.1 Å². The van der Waals surface area contributed by atoms with E-state index in [-0.39, 0.29) is 11.4 Å². The van der Waals surface area contributed by atoms with Crippen molar-refractivity contribution in [1.29, 1.82) is 0 Å². The number of aryl methyl sites for hydroxylation is 1. The fourth-order valence-electron chi connectivity index (χ4n) is 2.86. The van der Waals surface area contributed by atoms with Gasteiger partial charge in [-0.25, -0.2) is 4.39 Å². The van der Waals surface area contributed by atoms with E-state index in [1.165, 1.54) is 12.1 Å². The van der Waals surface area contributed by atoms with Crippen molar-refractivity contribution in [1.82, 2.24) is 4.57 Å². The second kappa shape index (κ2) is 4.65. The molecule has 1 aliphatic rings. The number of aromatic nitrogens is 1. The summed E-state index contributed by atoms with van der Waals surface area (Å²) in [6.07, 6.45) is 5.87. The molecule has 1 aromatic carbocycles. The molecule has 0 fully saturated rings. The Morgan fingerprint density at radius 2 is 1.68 bits per heavy atom. The molecule has 0 N–H and O–H groups in total. The van der Waals surface area contributed by atoms with E-state index in [4.69, 9.17) is 0 Å². The van der Waals surface area contributed by atoms with Crippen LogP contribution in [0.1, 0.15) is 24.0 Å². The summed E-state index contributed by atoms with van der Waals surface area (Å²) < 4.78 is 14.7. The van der Waals surface area contributed by atoms with Crippen LogP contribution >= 0.6 is 0 Å². The van der Waals surface area contributed by atoms with Crippen LogP contribution < -0.4 is 5.56 Å². The largest absolute Gasteiger partial charge is 0.318 e. The maximum Gasteiger partial charge on any atom is 0.253 e. The number of fused-ring (bicyclic) bond motifs is 1. The van der Waals surface area contributed by atoms with Crippen LogP contribution in [0, 0.1) is 5.82 Å². The molecule has 3 rings (SSSR count). The van der Waals surface area contributed by atoms with E-state index in [0.717, 1.165) is 47.9 Å². The molecule has 1 heterocycles. The molecule has 0 atom stereocenters. The third-order valence-corrected chi connectivity index (χ3v) is 3.85. The van der Waals surface area contributed by atoms with Gasteiger partial charge in [-0.3, -0.25) is 4.79 Å². The highest BCUT2D eigenvalue weighted by Gasteiger charge is 2.18. The molecule has 0 aliphatic heterocycles. The lowest BCUT2D eigenvalue weighted by molar-refractivity contribution is 0.628. The van der Waals surface area contributed by atoms with Crippen LogP contribution in [0.15, 0.2) is 35.3 Å². The van der Waals surface area contributed by atoms with Crippen LogP contribution in [0.5, 0.6) is 0 Å². The first-order chi connectivity index (χ1) is 9.16. The number of hydrogen-bond acceptors (Lipinski definition) is 1. The Morgan fingerprint density at radius 3 is 2.37 bits per heavy atom. The van der Waals surface area contributed by atoms with E-state index in [1.54, 1.807) is 23.7 Å². The van der Waals surface area contributed by atoms with Gasteiger partial charge < -0.3 is 4.57 Å². The molecule has 0 saturated heterocycles. The molecule has 19 heavy (non-hydrogen) atoms. The van der Waals surface area contributed by atoms with Crippen LogP contribution in [0.2, 0.25) is 0 Å². The molecule has 2 nitrogen and oxygen atoms in total. The van der Waals surface area contributed by atoms with Crippen LogP contribution in [0.4, 0.5) is 4.39 Å². The van der Waals surface area contributed by atoms with Gasteiger partial charge in [0.15, 0.2) is 0 Å². The monoisotopic (exact) mass is 257 g/mol. The molecule has 0 spiro atoms. The van der Waals surface area contributed by atoms with Gasteiger partial charge in [0.2, 0.25) is 0 Å². The summed E-state index contributed by atoms with van der Waals surface area (Å²) in [7, 11) is 1.78. The third kappa shape index (κ3) is 2.09. The smallest absolute Gasteiger partial charge is 0.253 e. The van der Waals surface area contributed by atoms with Crippen molar-refractivity contribution in [3.63, 3.8) is 0 Å². The Morgan fingerprint density at radius 1 is 1.05 bits per heavy atom. The predicted molar refractivity (Wildman–Crippen MR) is 73.7 cm³/mol. The number of rotatable bonds is 1. The fourth-order valence-corrected chi connectivity index (χ4v) is 2.86. The van der Waals surface area contributed by atoms with Crippen molar-refractivity contribution in [2.75, 3.05) is 0 Å². The summed E-state index contributed by atoms with van der Waals surface area (Å²) in [6.45, 7) is 0. The Kier molecular flexibility index (Phi) is 2.97. The zero-order valence-electron chi connectivity index (χ0n) is 10.9. The van der Waals surface area contributed by atoms with E-state index in [1.807, 2.05) is 6.20 Å². The van der Waals surface area contributed by atoms with E-state index < -0.39 is 0 Å². The molecule has 98 valence electrons. The topological polar surface area (TPSA) is 22.0 Å². The zero-order chi connectivity index (χ0) is 13.4. The Labute approximate surface area is 111 Å². The molecule has 3 heteroatoms. The highest BCUT2D eigenvalue weighted by Crippen LogP contribution is 2.29. The Bertz CT molecular complexity index is 670. The second-order valence-electron chi connectivity index (χ2n) is 5.13. The zero-order valence-corrected chi connectivity index (χ0v) is 10.9. The van der Waals surface area contributed by atoms with Gasteiger partial charge in [0, 0.05) is 24.4 Å². The van der Waals surface area contributed by atoms with Crippen molar-refractivity contribution < 1.29 is 4.39 Å². The van der Waals surface area contributed by atoms with E-state index in [0.29, 0.717) is 0 Å². The molecule has 0 saturated carbocycles. The minimum atomic E-state index is -0.234. The lowest BCUT2D eigenvalue weighted by Crippen LogP contribution is -2.25.